The summed E-state index contributed by atoms with van der Waals surface area (Å²) in [4.78, 5) is 36.7. The molecular formula is C30H24F2N6O2. The summed E-state index contributed by atoms with van der Waals surface area (Å²) in [7, 11) is 1.45. The van der Waals surface area contributed by atoms with E-state index in [1.165, 1.54) is 35.8 Å². The average molecular weight is 539 g/mol. The van der Waals surface area contributed by atoms with Crippen molar-refractivity contribution in [2.75, 3.05) is 11.9 Å². The average Bonchev–Trinajstić information content (AvgIpc) is 3.72. The molecular weight excluding hydrogens is 514 g/mol. The molecule has 1 aliphatic rings. The van der Waals surface area contributed by atoms with Crippen LogP contribution in [-0.2, 0) is 0 Å². The molecule has 2 aromatic carbocycles. The maximum Gasteiger partial charge on any atom is 0.260 e. The summed E-state index contributed by atoms with van der Waals surface area (Å²) in [6, 6.07) is 13.9. The highest BCUT2D eigenvalue weighted by molar-refractivity contribution is 6.08. The third-order valence-electron chi connectivity index (χ3n) is 6.98. The Balaban J connectivity index is 1.48. The number of nitrogens with zero attached hydrogens (tertiary/aromatic N) is 5. The van der Waals surface area contributed by atoms with Crippen LogP contribution in [0, 0.1) is 18.6 Å². The van der Waals surface area contributed by atoms with Crippen LogP contribution in [0.5, 0.6) is 0 Å². The Morgan fingerprint density at radius 1 is 1.00 bits per heavy atom. The number of nitrogens with one attached hydrogen (secondary N) is 1. The SMILES string of the molecule is CNC(=O)c1c(-c2ccc(F)cc2)nn2ccc(-c3cc(C(=O)N(c4ncccn4)C4CC4)ccc3C)c(F)c12. The van der Waals surface area contributed by atoms with Crippen LogP contribution in [0.2, 0.25) is 0 Å². The Morgan fingerprint density at radius 3 is 2.40 bits per heavy atom. The van der Waals surface area contributed by atoms with Crippen LogP contribution in [0.15, 0.2) is 73.2 Å². The van der Waals surface area contributed by atoms with Gasteiger partial charge in [0.25, 0.3) is 11.8 Å². The molecule has 3 heterocycles. The van der Waals surface area contributed by atoms with Crippen LogP contribution < -0.4 is 10.2 Å². The summed E-state index contributed by atoms with van der Waals surface area (Å²) in [5.74, 6) is -1.58. The first-order valence-electron chi connectivity index (χ1n) is 12.8. The van der Waals surface area contributed by atoms with Crippen LogP contribution in [0.4, 0.5) is 14.7 Å². The van der Waals surface area contributed by atoms with E-state index in [-0.39, 0.29) is 34.3 Å². The highest BCUT2D eigenvalue weighted by Gasteiger charge is 2.36. The first-order chi connectivity index (χ1) is 19.4. The number of amides is 2. The van der Waals surface area contributed by atoms with Gasteiger partial charge in [0.2, 0.25) is 5.95 Å². The van der Waals surface area contributed by atoms with Crippen LogP contribution >= 0.6 is 0 Å². The van der Waals surface area contributed by atoms with Gasteiger partial charge in [-0.25, -0.2) is 23.3 Å². The number of aromatic nitrogens is 4. The van der Waals surface area contributed by atoms with Crippen molar-refractivity contribution in [3.63, 3.8) is 0 Å². The van der Waals surface area contributed by atoms with E-state index in [0.717, 1.165) is 18.4 Å². The number of hydrogen-bond donors (Lipinski definition) is 1. The van der Waals surface area contributed by atoms with Gasteiger partial charge in [0.05, 0.1) is 5.56 Å². The summed E-state index contributed by atoms with van der Waals surface area (Å²) in [5, 5.41) is 7.00. The lowest BCUT2D eigenvalue weighted by atomic mass is 9.96. The van der Waals surface area contributed by atoms with Gasteiger partial charge in [0.15, 0.2) is 5.82 Å². The van der Waals surface area contributed by atoms with Crippen LogP contribution in [-0.4, -0.2) is 44.5 Å². The Morgan fingerprint density at radius 2 is 1.73 bits per heavy atom. The predicted molar refractivity (Wildman–Crippen MR) is 146 cm³/mol. The smallest absolute Gasteiger partial charge is 0.260 e. The number of carbonyl (C=O) groups excluding carboxylic acids is 2. The molecule has 0 radical (unpaired) electrons. The lowest BCUT2D eigenvalue weighted by Gasteiger charge is -2.21. The number of aryl methyl sites for hydroxylation is 1. The number of fused-ring (bicyclic) bond motifs is 1. The summed E-state index contributed by atoms with van der Waals surface area (Å²) >= 11 is 0. The van der Waals surface area contributed by atoms with Gasteiger partial charge in [-0.1, -0.05) is 6.07 Å². The van der Waals surface area contributed by atoms with Gasteiger partial charge < -0.3 is 5.32 Å². The third kappa shape index (κ3) is 4.37. The fourth-order valence-corrected chi connectivity index (χ4v) is 4.81. The van der Waals surface area contributed by atoms with E-state index in [4.69, 9.17) is 0 Å². The second-order valence-electron chi connectivity index (χ2n) is 9.63. The number of anilines is 1. The standard InChI is InChI=1S/C30H24F2N6O2/c1-17-4-5-19(29(40)38(21-10-11-21)30-34-13-3-14-35-30)16-23(17)22-12-15-37-27(25(22)32)24(28(39)33-2)26(36-37)18-6-8-20(31)9-7-18/h3-9,12-16,21H,10-11H2,1-2H3,(H,33,39). The predicted octanol–water partition coefficient (Wildman–Crippen LogP) is 5.21. The number of rotatable bonds is 6. The first-order valence-corrected chi connectivity index (χ1v) is 12.8. The van der Waals surface area contributed by atoms with E-state index in [0.29, 0.717) is 22.6 Å². The minimum absolute atomic E-state index is 0.0135. The maximum absolute atomic E-state index is 16.4. The zero-order chi connectivity index (χ0) is 28.0. The Hall–Kier alpha value is -4.99. The molecule has 1 fully saturated rings. The molecule has 0 spiro atoms. The van der Waals surface area contributed by atoms with E-state index in [9.17, 15) is 14.0 Å². The quantitative estimate of drug-likeness (QED) is 0.320. The fourth-order valence-electron chi connectivity index (χ4n) is 4.81. The van der Waals surface area contributed by atoms with Gasteiger partial charge >= 0.3 is 0 Å². The molecule has 8 nitrogen and oxygen atoms in total. The van der Waals surface area contributed by atoms with Gasteiger partial charge in [0.1, 0.15) is 17.0 Å². The molecule has 5 aromatic rings. The van der Waals surface area contributed by atoms with Gasteiger partial charge in [0, 0.05) is 48.4 Å². The summed E-state index contributed by atoms with van der Waals surface area (Å²) in [6.07, 6.45) is 6.45. The fraction of sp³-hybridized carbons (Fsp3) is 0.167. The highest BCUT2D eigenvalue weighted by atomic mass is 19.1. The number of hydrogen-bond acceptors (Lipinski definition) is 5. The van der Waals surface area contributed by atoms with Crippen molar-refractivity contribution in [1.82, 2.24) is 24.9 Å². The number of pyridine rings is 1. The molecule has 3 aromatic heterocycles. The minimum atomic E-state index is -0.667. The zero-order valence-electron chi connectivity index (χ0n) is 21.7. The van der Waals surface area contributed by atoms with Crippen molar-refractivity contribution in [3.05, 3.63) is 102 Å². The number of carbonyl (C=O) groups is 2. The van der Waals surface area contributed by atoms with Crippen molar-refractivity contribution in [3.8, 4) is 22.4 Å². The van der Waals surface area contributed by atoms with Gasteiger partial charge in [-0.3, -0.25) is 14.5 Å². The summed E-state index contributed by atoms with van der Waals surface area (Å²) in [6.45, 7) is 1.83. The lowest BCUT2D eigenvalue weighted by molar-refractivity contribution is 0.0962. The topological polar surface area (TPSA) is 92.5 Å². The second kappa shape index (κ2) is 9.96. The third-order valence-corrected chi connectivity index (χ3v) is 6.98. The molecule has 10 heteroatoms. The van der Waals surface area contributed by atoms with Crippen molar-refractivity contribution in [2.24, 2.45) is 0 Å². The van der Waals surface area contributed by atoms with Gasteiger partial charge in [-0.2, -0.15) is 5.10 Å². The Bertz CT molecular complexity index is 1770. The normalized spacial score (nSPS) is 12.9. The van der Waals surface area contributed by atoms with Crippen molar-refractivity contribution < 1.29 is 18.4 Å². The molecule has 0 aliphatic heterocycles. The lowest BCUT2D eigenvalue weighted by Crippen LogP contribution is -2.34. The maximum atomic E-state index is 16.4. The van der Waals surface area contributed by atoms with Gasteiger partial charge in [-0.05, 0) is 79.4 Å². The molecule has 1 N–H and O–H groups in total. The molecule has 0 saturated heterocycles. The second-order valence-corrected chi connectivity index (χ2v) is 9.63. The van der Waals surface area contributed by atoms with Crippen LogP contribution in [0.1, 0.15) is 39.1 Å². The van der Waals surface area contributed by atoms with E-state index in [1.54, 1.807) is 53.8 Å². The number of benzene rings is 2. The molecule has 6 rings (SSSR count). The van der Waals surface area contributed by atoms with Crippen molar-refractivity contribution in [1.29, 1.82) is 0 Å². The number of halogens is 2. The molecule has 40 heavy (non-hydrogen) atoms. The summed E-state index contributed by atoms with van der Waals surface area (Å²) < 4.78 is 31.2. The largest absolute Gasteiger partial charge is 0.355 e. The van der Waals surface area contributed by atoms with E-state index >= 15 is 4.39 Å². The molecule has 1 saturated carbocycles. The zero-order valence-corrected chi connectivity index (χ0v) is 21.7. The van der Waals surface area contributed by atoms with Gasteiger partial charge in [-0.15, -0.1) is 0 Å². The van der Waals surface area contributed by atoms with Crippen LogP contribution in [0.25, 0.3) is 27.9 Å². The first kappa shape index (κ1) is 25.3. The highest BCUT2D eigenvalue weighted by Crippen LogP contribution is 2.35. The Labute approximate surface area is 228 Å². The van der Waals surface area contributed by atoms with E-state index < -0.39 is 17.5 Å². The van der Waals surface area contributed by atoms with Crippen LogP contribution in [0.3, 0.4) is 0 Å². The van der Waals surface area contributed by atoms with Crippen molar-refractivity contribution >= 4 is 23.3 Å². The van der Waals surface area contributed by atoms with E-state index in [1.807, 2.05) is 6.92 Å². The van der Waals surface area contributed by atoms with Crippen molar-refractivity contribution in [2.45, 2.75) is 25.8 Å². The molecule has 0 unspecified atom stereocenters. The molecule has 0 bridgehead atoms. The minimum Gasteiger partial charge on any atom is -0.355 e. The molecule has 1 aliphatic carbocycles. The molecule has 200 valence electrons. The summed E-state index contributed by atoms with van der Waals surface area (Å²) in [5.41, 5.74) is 2.52. The Kier molecular flexibility index (Phi) is 6.30. The monoisotopic (exact) mass is 538 g/mol. The molecule has 2 amide bonds. The molecule has 0 atom stereocenters. The van der Waals surface area contributed by atoms with E-state index in [2.05, 4.69) is 20.4 Å².